The van der Waals surface area contributed by atoms with Gasteiger partial charge in [-0.1, -0.05) is 0 Å². The Labute approximate surface area is 158 Å². The summed E-state index contributed by atoms with van der Waals surface area (Å²) in [5.74, 6) is 0.177. The maximum absolute atomic E-state index is 12.5. The normalized spacial score (nSPS) is 15.0. The molecule has 0 bridgehead atoms. The van der Waals surface area contributed by atoms with E-state index in [1.807, 2.05) is 30.2 Å². The van der Waals surface area contributed by atoms with Crippen LogP contribution in [0, 0.1) is 27.7 Å². The van der Waals surface area contributed by atoms with Gasteiger partial charge in [0.1, 0.15) is 0 Å². The Kier molecular flexibility index (Phi) is 4.55. The number of hydrogen-bond donors (Lipinski definition) is 0. The summed E-state index contributed by atoms with van der Waals surface area (Å²) in [7, 11) is 0. The summed E-state index contributed by atoms with van der Waals surface area (Å²) in [4.78, 5) is 23.8. The highest BCUT2D eigenvalue weighted by molar-refractivity contribution is 5.93. The van der Waals surface area contributed by atoms with Crippen molar-refractivity contribution >= 4 is 22.6 Å². The number of aromatic nitrogens is 4. The molecule has 0 aromatic carbocycles. The summed E-state index contributed by atoms with van der Waals surface area (Å²) < 4.78 is 7.21. The van der Waals surface area contributed by atoms with Crippen LogP contribution in [0.4, 0.5) is 0 Å². The Hall–Kier alpha value is -2.54. The number of aryl methyl sites for hydroxylation is 4. The number of carbonyl (C=O) groups is 1. The maximum Gasteiger partial charge on any atom is 0.223 e. The van der Waals surface area contributed by atoms with E-state index >= 15 is 0 Å². The van der Waals surface area contributed by atoms with Crippen molar-refractivity contribution in [2.24, 2.45) is 0 Å². The van der Waals surface area contributed by atoms with Gasteiger partial charge in [0.05, 0.1) is 18.6 Å². The minimum absolute atomic E-state index is 0.177. The lowest BCUT2D eigenvalue weighted by molar-refractivity contribution is -0.135. The molecule has 0 radical (unpaired) electrons. The first-order valence-electron chi connectivity index (χ1n) is 9.44. The lowest BCUT2D eigenvalue weighted by atomic mass is 10.1. The van der Waals surface area contributed by atoms with Crippen LogP contribution < -0.4 is 0 Å². The smallest absolute Gasteiger partial charge is 0.223 e. The van der Waals surface area contributed by atoms with E-state index in [4.69, 9.17) is 9.72 Å². The van der Waals surface area contributed by atoms with Gasteiger partial charge in [-0.15, -0.1) is 5.10 Å². The molecule has 0 spiro atoms. The Bertz CT molecular complexity index is 1030. The molecule has 0 atom stereocenters. The van der Waals surface area contributed by atoms with Gasteiger partial charge in [0.2, 0.25) is 5.91 Å². The zero-order chi connectivity index (χ0) is 19.1. The van der Waals surface area contributed by atoms with Crippen molar-refractivity contribution in [2.75, 3.05) is 26.3 Å². The maximum atomic E-state index is 12.5. The molecule has 0 saturated carbocycles. The first-order valence-corrected chi connectivity index (χ1v) is 9.44. The molecule has 7 nitrogen and oxygen atoms in total. The van der Waals surface area contributed by atoms with E-state index < -0.39 is 0 Å². The van der Waals surface area contributed by atoms with Crippen molar-refractivity contribution in [1.29, 1.82) is 0 Å². The van der Waals surface area contributed by atoms with Crippen molar-refractivity contribution in [3.63, 3.8) is 0 Å². The quantitative estimate of drug-likeness (QED) is 0.710. The van der Waals surface area contributed by atoms with Crippen LogP contribution in [0.25, 0.3) is 16.7 Å². The highest BCUT2D eigenvalue weighted by atomic mass is 16.5. The molecule has 27 heavy (non-hydrogen) atoms. The summed E-state index contributed by atoms with van der Waals surface area (Å²) in [6.07, 6.45) is 1.14. The number of fused-ring (bicyclic) bond motifs is 3. The lowest BCUT2D eigenvalue weighted by Gasteiger charge is -2.27. The predicted molar refractivity (Wildman–Crippen MR) is 103 cm³/mol. The van der Waals surface area contributed by atoms with Crippen molar-refractivity contribution in [2.45, 2.75) is 40.5 Å². The molecule has 7 heteroatoms. The zero-order valence-corrected chi connectivity index (χ0v) is 16.4. The highest BCUT2D eigenvalue weighted by Crippen LogP contribution is 2.25. The molecule has 3 aromatic heterocycles. The van der Waals surface area contributed by atoms with E-state index in [2.05, 4.69) is 23.1 Å². The average molecular weight is 367 g/mol. The third-order valence-corrected chi connectivity index (χ3v) is 5.36. The van der Waals surface area contributed by atoms with Crippen molar-refractivity contribution in [1.82, 2.24) is 24.5 Å². The number of nitrogens with zero attached hydrogens (tertiary/aromatic N) is 5. The van der Waals surface area contributed by atoms with Crippen LogP contribution in [0.1, 0.15) is 34.6 Å². The Morgan fingerprint density at radius 2 is 1.89 bits per heavy atom. The standard InChI is InChI=1S/C20H25N5O2/c1-12-11-13(2)21-19-18(12)20-22-14(3)16(15(4)25(20)23-19)5-6-17(26)24-7-9-27-10-8-24/h11H,5-10H2,1-4H3. The zero-order valence-electron chi connectivity index (χ0n) is 16.4. The van der Waals surface area contributed by atoms with Gasteiger partial charge in [-0.3, -0.25) is 4.79 Å². The van der Waals surface area contributed by atoms with E-state index in [1.54, 1.807) is 0 Å². The van der Waals surface area contributed by atoms with Crippen molar-refractivity contribution in [3.05, 3.63) is 34.3 Å². The van der Waals surface area contributed by atoms with Crippen LogP contribution >= 0.6 is 0 Å². The third-order valence-electron chi connectivity index (χ3n) is 5.36. The van der Waals surface area contributed by atoms with Crippen molar-refractivity contribution < 1.29 is 9.53 Å². The summed E-state index contributed by atoms with van der Waals surface area (Å²) in [5, 5.41) is 5.69. The molecule has 1 aliphatic rings. The summed E-state index contributed by atoms with van der Waals surface area (Å²) >= 11 is 0. The Morgan fingerprint density at radius 1 is 1.15 bits per heavy atom. The van der Waals surface area contributed by atoms with Gasteiger partial charge in [-0.2, -0.15) is 0 Å². The number of hydrogen-bond acceptors (Lipinski definition) is 5. The minimum Gasteiger partial charge on any atom is -0.378 e. The van der Waals surface area contributed by atoms with Crippen molar-refractivity contribution in [3.8, 4) is 0 Å². The minimum atomic E-state index is 0.177. The number of ether oxygens (including phenoxy) is 1. The molecular formula is C20H25N5O2. The van der Waals surface area contributed by atoms with E-state index in [0.717, 1.165) is 44.9 Å². The van der Waals surface area contributed by atoms with Crippen LogP contribution in [0.15, 0.2) is 6.07 Å². The van der Waals surface area contributed by atoms with Gasteiger partial charge in [0.25, 0.3) is 0 Å². The van der Waals surface area contributed by atoms with Gasteiger partial charge >= 0.3 is 0 Å². The van der Waals surface area contributed by atoms with Gasteiger partial charge < -0.3 is 9.64 Å². The number of carbonyl (C=O) groups excluding carboxylic acids is 1. The third kappa shape index (κ3) is 3.16. The number of morpholine rings is 1. The van der Waals surface area contributed by atoms with Crippen LogP contribution in [0.5, 0.6) is 0 Å². The second-order valence-electron chi connectivity index (χ2n) is 7.27. The molecule has 4 heterocycles. The van der Waals surface area contributed by atoms with Gasteiger partial charge in [-0.25, -0.2) is 14.5 Å². The molecule has 0 unspecified atom stereocenters. The average Bonchev–Trinajstić information content (AvgIpc) is 3.00. The molecule has 3 aromatic rings. The van der Waals surface area contributed by atoms with E-state index in [9.17, 15) is 4.79 Å². The molecule has 1 aliphatic heterocycles. The molecule has 0 aliphatic carbocycles. The number of pyridine rings is 1. The van der Waals surface area contributed by atoms with Crippen LogP contribution in [-0.4, -0.2) is 56.7 Å². The Balaban J connectivity index is 1.68. The molecule has 142 valence electrons. The van der Waals surface area contributed by atoms with Gasteiger partial charge in [0.15, 0.2) is 11.3 Å². The van der Waals surface area contributed by atoms with Crippen LogP contribution in [0.2, 0.25) is 0 Å². The van der Waals surface area contributed by atoms with Crippen LogP contribution in [-0.2, 0) is 16.0 Å². The molecule has 4 rings (SSSR count). The van der Waals surface area contributed by atoms with E-state index in [-0.39, 0.29) is 5.91 Å². The summed E-state index contributed by atoms with van der Waals surface area (Å²) in [5.41, 5.74) is 6.73. The molecule has 1 saturated heterocycles. The van der Waals surface area contributed by atoms with E-state index in [1.165, 1.54) is 0 Å². The fourth-order valence-corrected chi connectivity index (χ4v) is 3.93. The van der Waals surface area contributed by atoms with Gasteiger partial charge in [0, 0.05) is 36.6 Å². The Morgan fingerprint density at radius 3 is 2.63 bits per heavy atom. The fourth-order valence-electron chi connectivity index (χ4n) is 3.93. The van der Waals surface area contributed by atoms with Gasteiger partial charge in [-0.05, 0) is 51.3 Å². The lowest BCUT2D eigenvalue weighted by Crippen LogP contribution is -2.40. The topological polar surface area (TPSA) is 72.6 Å². The van der Waals surface area contributed by atoms with Crippen LogP contribution in [0.3, 0.4) is 0 Å². The predicted octanol–water partition coefficient (Wildman–Crippen LogP) is 2.30. The second-order valence-corrected chi connectivity index (χ2v) is 7.27. The highest BCUT2D eigenvalue weighted by Gasteiger charge is 2.20. The summed E-state index contributed by atoms with van der Waals surface area (Å²) in [6, 6.07) is 2.06. The first-order chi connectivity index (χ1) is 13.0. The molecular weight excluding hydrogens is 342 g/mol. The largest absolute Gasteiger partial charge is 0.378 e. The number of amides is 1. The molecule has 1 fully saturated rings. The van der Waals surface area contributed by atoms with E-state index in [0.29, 0.717) is 39.1 Å². The molecule has 0 N–H and O–H groups in total. The first kappa shape index (κ1) is 17.9. The monoisotopic (exact) mass is 367 g/mol. The SMILES string of the molecule is Cc1cc(C)c2c(n1)nn1c(C)c(CCC(=O)N3CCOCC3)c(C)nc21. The number of rotatable bonds is 3. The second kappa shape index (κ2) is 6.88. The fraction of sp³-hybridized carbons (Fsp3) is 0.500. The summed E-state index contributed by atoms with van der Waals surface area (Å²) in [6.45, 7) is 10.7. The molecule has 1 amide bonds.